The molecule has 0 saturated heterocycles. The van der Waals surface area contributed by atoms with Crippen molar-refractivity contribution in [2.45, 2.75) is 38.5 Å². The van der Waals surface area contributed by atoms with E-state index in [0.717, 1.165) is 25.2 Å². The van der Waals surface area contributed by atoms with E-state index in [2.05, 4.69) is 19.2 Å². The highest BCUT2D eigenvalue weighted by Gasteiger charge is 2.35. The molecule has 0 amide bonds. The van der Waals surface area contributed by atoms with Crippen LogP contribution in [-0.4, -0.2) is 19.6 Å². The molecule has 2 nitrogen and oxygen atoms in total. The van der Waals surface area contributed by atoms with Crippen LogP contribution in [-0.2, 0) is 5.41 Å². The lowest BCUT2D eigenvalue weighted by molar-refractivity contribution is 0.138. The Labute approximate surface area is 115 Å². The molecule has 1 aliphatic rings. The van der Waals surface area contributed by atoms with Gasteiger partial charge in [0.05, 0.1) is 0 Å². The lowest BCUT2D eigenvalue weighted by Crippen LogP contribution is -2.47. The Balaban J connectivity index is 1.88. The van der Waals surface area contributed by atoms with Crippen LogP contribution in [0, 0.1) is 11.2 Å². The molecule has 1 saturated carbocycles. The minimum atomic E-state index is -0.177. The zero-order valence-corrected chi connectivity index (χ0v) is 12.0. The highest BCUT2D eigenvalue weighted by molar-refractivity contribution is 5.24. The van der Waals surface area contributed by atoms with E-state index in [0.29, 0.717) is 5.41 Å². The number of hydrogen-bond donors (Lipinski definition) is 2. The summed E-state index contributed by atoms with van der Waals surface area (Å²) >= 11 is 0. The molecule has 0 heterocycles. The monoisotopic (exact) mass is 264 g/mol. The van der Waals surface area contributed by atoms with Crippen molar-refractivity contribution >= 4 is 0 Å². The molecule has 0 unspecified atom stereocenters. The van der Waals surface area contributed by atoms with Crippen molar-refractivity contribution in [3.8, 4) is 0 Å². The lowest BCUT2D eigenvalue weighted by atomic mass is 9.68. The molecule has 106 valence electrons. The number of hydrogen-bond acceptors (Lipinski definition) is 2. The van der Waals surface area contributed by atoms with Gasteiger partial charge in [0, 0.05) is 18.5 Å². The number of nitrogens with one attached hydrogen (secondary N) is 1. The Kier molecular flexibility index (Phi) is 4.26. The predicted molar refractivity (Wildman–Crippen MR) is 77.6 cm³/mol. The second kappa shape index (κ2) is 5.59. The van der Waals surface area contributed by atoms with Crippen molar-refractivity contribution in [3.05, 3.63) is 35.6 Å². The van der Waals surface area contributed by atoms with E-state index in [9.17, 15) is 4.39 Å². The summed E-state index contributed by atoms with van der Waals surface area (Å²) in [5.41, 5.74) is 7.37. The second-order valence-electron chi connectivity index (χ2n) is 6.55. The van der Waals surface area contributed by atoms with Gasteiger partial charge in [-0.1, -0.05) is 32.4 Å². The van der Waals surface area contributed by atoms with Crippen molar-refractivity contribution in [3.63, 3.8) is 0 Å². The molecular formula is C16H25FN2. The van der Waals surface area contributed by atoms with Gasteiger partial charge in [0.25, 0.3) is 0 Å². The summed E-state index contributed by atoms with van der Waals surface area (Å²) in [7, 11) is 0. The molecule has 1 aromatic carbocycles. The van der Waals surface area contributed by atoms with Gasteiger partial charge in [-0.3, -0.25) is 0 Å². The SMILES string of the molecule is CC(C)(CNCC1(CN)CCC1)c1ccc(F)cc1. The first kappa shape index (κ1) is 14.5. The van der Waals surface area contributed by atoms with Crippen LogP contribution in [0.3, 0.4) is 0 Å². The van der Waals surface area contributed by atoms with E-state index in [1.54, 1.807) is 0 Å². The van der Waals surface area contributed by atoms with Crippen molar-refractivity contribution in [2.24, 2.45) is 11.1 Å². The Morgan fingerprint density at radius 3 is 2.37 bits per heavy atom. The fraction of sp³-hybridized carbons (Fsp3) is 0.625. The quantitative estimate of drug-likeness (QED) is 0.829. The molecule has 2 rings (SSSR count). The van der Waals surface area contributed by atoms with Crippen LogP contribution >= 0.6 is 0 Å². The topological polar surface area (TPSA) is 38.0 Å². The van der Waals surface area contributed by atoms with Gasteiger partial charge in [-0.15, -0.1) is 0 Å². The molecule has 3 heteroatoms. The summed E-state index contributed by atoms with van der Waals surface area (Å²) in [6, 6.07) is 6.81. The predicted octanol–water partition coefficient (Wildman–Crippen LogP) is 2.82. The molecule has 0 bridgehead atoms. The van der Waals surface area contributed by atoms with Gasteiger partial charge in [-0.25, -0.2) is 4.39 Å². The zero-order valence-electron chi connectivity index (χ0n) is 12.0. The van der Waals surface area contributed by atoms with Gasteiger partial charge in [-0.05, 0) is 42.5 Å². The minimum Gasteiger partial charge on any atom is -0.330 e. The van der Waals surface area contributed by atoms with E-state index >= 15 is 0 Å². The molecular weight excluding hydrogens is 239 g/mol. The highest BCUT2D eigenvalue weighted by Crippen LogP contribution is 2.39. The standard InChI is InChI=1S/C16H25FN2/c1-15(2,13-4-6-14(17)7-5-13)11-19-12-16(10-18)8-3-9-16/h4-7,19H,3,8-12,18H2,1-2H3. The Hall–Kier alpha value is -0.930. The van der Waals surface area contributed by atoms with Crippen LogP contribution in [0.1, 0.15) is 38.7 Å². The van der Waals surface area contributed by atoms with Gasteiger partial charge in [-0.2, -0.15) is 0 Å². The maximum absolute atomic E-state index is 13.0. The van der Waals surface area contributed by atoms with Gasteiger partial charge < -0.3 is 11.1 Å². The molecule has 19 heavy (non-hydrogen) atoms. The first-order valence-electron chi connectivity index (χ1n) is 7.14. The van der Waals surface area contributed by atoms with Crippen LogP contribution in [0.15, 0.2) is 24.3 Å². The average Bonchev–Trinajstić information content (AvgIpc) is 2.33. The van der Waals surface area contributed by atoms with Crippen molar-refractivity contribution in [1.82, 2.24) is 5.32 Å². The molecule has 0 aromatic heterocycles. The van der Waals surface area contributed by atoms with Gasteiger partial charge >= 0.3 is 0 Å². The third-order valence-corrected chi connectivity index (χ3v) is 4.54. The molecule has 0 radical (unpaired) electrons. The maximum Gasteiger partial charge on any atom is 0.123 e. The Morgan fingerprint density at radius 1 is 1.26 bits per heavy atom. The largest absolute Gasteiger partial charge is 0.330 e. The Bertz CT molecular complexity index is 402. The average molecular weight is 264 g/mol. The van der Waals surface area contributed by atoms with E-state index in [1.807, 2.05) is 12.1 Å². The van der Waals surface area contributed by atoms with Crippen LogP contribution in [0.25, 0.3) is 0 Å². The van der Waals surface area contributed by atoms with Crippen LogP contribution in [0.2, 0.25) is 0 Å². The minimum absolute atomic E-state index is 0.00718. The van der Waals surface area contributed by atoms with Crippen LogP contribution in [0.5, 0.6) is 0 Å². The second-order valence-corrected chi connectivity index (χ2v) is 6.55. The summed E-state index contributed by atoms with van der Waals surface area (Å²) in [4.78, 5) is 0. The molecule has 1 aliphatic carbocycles. The van der Waals surface area contributed by atoms with Crippen molar-refractivity contribution in [2.75, 3.05) is 19.6 Å². The lowest BCUT2D eigenvalue weighted by Gasteiger charge is -2.42. The summed E-state index contributed by atoms with van der Waals surface area (Å²) in [5.74, 6) is -0.177. The van der Waals surface area contributed by atoms with E-state index < -0.39 is 0 Å². The van der Waals surface area contributed by atoms with E-state index in [-0.39, 0.29) is 11.2 Å². The molecule has 0 spiro atoms. The summed E-state index contributed by atoms with van der Waals surface area (Å²) in [6.45, 7) is 7.03. The summed E-state index contributed by atoms with van der Waals surface area (Å²) in [5, 5.41) is 3.56. The molecule has 3 N–H and O–H groups in total. The number of halogens is 1. The molecule has 0 atom stereocenters. The fourth-order valence-corrected chi connectivity index (χ4v) is 2.77. The van der Waals surface area contributed by atoms with E-state index in [4.69, 9.17) is 5.73 Å². The maximum atomic E-state index is 13.0. The van der Waals surface area contributed by atoms with Crippen molar-refractivity contribution in [1.29, 1.82) is 0 Å². The van der Waals surface area contributed by atoms with Crippen LogP contribution in [0.4, 0.5) is 4.39 Å². The van der Waals surface area contributed by atoms with Crippen molar-refractivity contribution < 1.29 is 4.39 Å². The van der Waals surface area contributed by atoms with E-state index in [1.165, 1.54) is 31.4 Å². The third-order valence-electron chi connectivity index (χ3n) is 4.54. The number of rotatable bonds is 6. The highest BCUT2D eigenvalue weighted by atomic mass is 19.1. The molecule has 1 aromatic rings. The third kappa shape index (κ3) is 3.34. The molecule has 0 aliphatic heterocycles. The van der Waals surface area contributed by atoms with Gasteiger partial charge in [0.1, 0.15) is 5.82 Å². The van der Waals surface area contributed by atoms with Crippen LogP contribution < -0.4 is 11.1 Å². The zero-order chi connectivity index (χ0) is 13.9. The molecule has 1 fully saturated rings. The smallest absolute Gasteiger partial charge is 0.123 e. The Morgan fingerprint density at radius 2 is 1.89 bits per heavy atom. The fourth-order valence-electron chi connectivity index (χ4n) is 2.77. The first-order valence-corrected chi connectivity index (χ1v) is 7.14. The summed E-state index contributed by atoms with van der Waals surface area (Å²) < 4.78 is 13.0. The van der Waals surface area contributed by atoms with Gasteiger partial charge in [0.2, 0.25) is 0 Å². The number of benzene rings is 1. The number of nitrogens with two attached hydrogens (primary N) is 1. The summed E-state index contributed by atoms with van der Waals surface area (Å²) in [6.07, 6.45) is 3.79. The van der Waals surface area contributed by atoms with Gasteiger partial charge in [0.15, 0.2) is 0 Å². The normalized spacial score (nSPS) is 18.1. The first-order chi connectivity index (χ1) is 8.97.